The van der Waals surface area contributed by atoms with Gasteiger partial charge in [0.1, 0.15) is 6.29 Å². The van der Waals surface area contributed by atoms with E-state index < -0.39 is 0 Å². The van der Waals surface area contributed by atoms with E-state index in [1.807, 2.05) is 0 Å². The third-order valence-electron chi connectivity index (χ3n) is 3.16. The molecular weight excluding hydrogens is 168 g/mol. The first-order valence-electron chi connectivity index (χ1n) is 4.69. The molecule has 1 rings (SSSR count). The quantitative estimate of drug-likeness (QED) is 0.492. The zero-order chi connectivity index (χ0) is 9.90. The van der Waals surface area contributed by atoms with Crippen LogP contribution in [0.2, 0.25) is 0 Å². The lowest BCUT2D eigenvalue weighted by molar-refractivity contribution is -0.155. The summed E-state index contributed by atoms with van der Waals surface area (Å²) in [5, 5.41) is 0. The summed E-state index contributed by atoms with van der Waals surface area (Å²) in [7, 11) is 1.41. The molecule has 0 spiro atoms. The zero-order valence-electron chi connectivity index (χ0n) is 8.21. The van der Waals surface area contributed by atoms with Crippen molar-refractivity contribution in [2.45, 2.75) is 32.6 Å². The molecule has 0 heterocycles. The van der Waals surface area contributed by atoms with E-state index >= 15 is 0 Å². The number of ether oxygens (including phenoxy) is 1. The van der Waals surface area contributed by atoms with Crippen molar-refractivity contribution < 1.29 is 14.3 Å². The number of esters is 1. The highest BCUT2D eigenvalue weighted by molar-refractivity contribution is 5.74. The van der Waals surface area contributed by atoms with Gasteiger partial charge in [-0.2, -0.15) is 0 Å². The van der Waals surface area contributed by atoms with Gasteiger partial charge >= 0.3 is 5.97 Å². The van der Waals surface area contributed by atoms with E-state index in [1.165, 1.54) is 7.11 Å². The molecule has 1 aliphatic carbocycles. The second kappa shape index (κ2) is 3.90. The van der Waals surface area contributed by atoms with Gasteiger partial charge in [-0.05, 0) is 24.7 Å². The van der Waals surface area contributed by atoms with Gasteiger partial charge in [-0.15, -0.1) is 0 Å². The fraction of sp³-hybridized carbons (Fsp3) is 0.800. The first-order chi connectivity index (χ1) is 6.17. The molecule has 0 amide bonds. The molecule has 0 aromatic heterocycles. The minimum absolute atomic E-state index is 0.0323. The first-order valence-corrected chi connectivity index (χ1v) is 4.69. The van der Waals surface area contributed by atoms with Gasteiger partial charge < -0.3 is 9.53 Å². The Kier molecular flexibility index (Phi) is 3.07. The van der Waals surface area contributed by atoms with Gasteiger partial charge in [0.05, 0.1) is 13.0 Å². The van der Waals surface area contributed by atoms with Crippen LogP contribution in [-0.2, 0) is 14.3 Å². The predicted octanol–water partition coefficient (Wildman–Crippen LogP) is 1.55. The van der Waals surface area contributed by atoms with Crippen molar-refractivity contribution >= 4 is 12.3 Å². The lowest BCUT2D eigenvalue weighted by atomic mass is 9.59. The van der Waals surface area contributed by atoms with E-state index in [-0.39, 0.29) is 17.3 Å². The number of carbonyl (C=O) groups is 2. The van der Waals surface area contributed by atoms with Crippen molar-refractivity contribution in [3.05, 3.63) is 0 Å². The summed E-state index contributed by atoms with van der Waals surface area (Å²) in [6.07, 6.45) is 4.14. The summed E-state index contributed by atoms with van der Waals surface area (Å²) >= 11 is 0. The Morgan fingerprint density at radius 3 is 2.62 bits per heavy atom. The molecule has 0 N–H and O–H groups in total. The lowest BCUT2D eigenvalue weighted by Gasteiger charge is -2.45. The highest BCUT2D eigenvalue weighted by Crippen LogP contribution is 2.50. The number of hydrogen-bond donors (Lipinski definition) is 0. The second-order valence-corrected chi connectivity index (χ2v) is 3.85. The lowest BCUT2D eigenvalue weighted by Crippen LogP contribution is -2.41. The van der Waals surface area contributed by atoms with Crippen LogP contribution in [0.3, 0.4) is 0 Å². The molecule has 0 radical (unpaired) electrons. The topological polar surface area (TPSA) is 43.4 Å². The monoisotopic (exact) mass is 184 g/mol. The van der Waals surface area contributed by atoms with Crippen LogP contribution in [0.1, 0.15) is 32.6 Å². The van der Waals surface area contributed by atoms with Gasteiger partial charge in [0.15, 0.2) is 0 Å². The molecule has 3 heteroatoms. The Labute approximate surface area is 78.5 Å². The molecule has 1 fully saturated rings. The SMILES string of the molecule is CCC1(CC=O)CC(C(=O)OC)C1. The maximum absolute atomic E-state index is 11.1. The van der Waals surface area contributed by atoms with Crippen LogP contribution in [0.5, 0.6) is 0 Å². The zero-order valence-corrected chi connectivity index (χ0v) is 8.21. The average Bonchev–Trinajstić information content (AvgIpc) is 2.09. The number of aldehydes is 1. The van der Waals surface area contributed by atoms with Crippen LogP contribution in [0, 0.1) is 11.3 Å². The standard InChI is InChI=1S/C10H16O3/c1-3-10(4-5-11)6-8(7-10)9(12)13-2/h5,8H,3-4,6-7H2,1-2H3. The fourth-order valence-electron chi connectivity index (χ4n) is 2.10. The molecular formula is C10H16O3. The van der Waals surface area contributed by atoms with Gasteiger partial charge in [-0.1, -0.05) is 6.92 Å². The second-order valence-electron chi connectivity index (χ2n) is 3.85. The molecule has 3 nitrogen and oxygen atoms in total. The Hall–Kier alpha value is -0.860. The highest BCUT2D eigenvalue weighted by Gasteiger charge is 2.46. The molecule has 13 heavy (non-hydrogen) atoms. The van der Waals surface area contributed by atoms with Crippen molar-refractivity contribution in [3.63, 3.8) is 0 Å². The third kappa shape index (κ3) is 1.90. The first kappa shape index (κ1) is 10.2. The van der Waals surface area contributed by atoms with E-state index in [0.29, 0.717) is 6.42 Å². The van der Waals surface area contributed by atoms with Crippen LogP contribution in [0.15, 0.2) is 0 Å². The van der Waals surface area contributed by atoms with Crippen LogP contribution in [0.25, 0.3) is 0 Å². The van der Waals surface area contributed by atoms with Gasteiger partial charge in [0, 0.05) is 6.42 Å². The Morgan fingerprint density at radius 1 is 1.62 bits per heavy atom. The molecule has 0 aliphatic heterocycles. The summed E-state index contributed by atoms with van der Waals surface area (Å²) in [5.74, 6) is -0.0973. The smallest absolute Gasteiger partial charge is 0.308 e. The number of methoxy groups -OCH3 is 1. The molecule has 0 atom stereocenters. The van der Waals surface area contributed by atoms with E-state index in [0.717, 1.165) is 25.5 Å². The van der Waals surface area contributed by atoms with Crippen LogP contribution in [-0.4, -0.2) is 19.4 Å². The summed E-state index contributed by atoms with van der Waals surface area (Å²) in [6.45, 7) is 2.07. The van der Waals surface area contributed by atoms with Crippen molar-refractivity contribution in [2.24, 2.45) is 11.3 Å². The van der Waals surface area contributed by atoms with E-state index in [4.69, 9.17) is 0 Å². The van der Waals surface area contributed by atoms with Crippen LogP contribution >= 0.6 is 0 Å². The van der Waals surface area contributed by atoms with E-state index in [2.05, 4.69) is 11.7 Å². The Morgan fingerprint density at radius 2 is 2.23 bits per heavy atom. The molecule has 1 aliphatic rings. The normalized spacial score (nSPS) is 32.0. The van der Waals surface area contributed by atoms with Crippen LogP contribution < -0.4 is 0 Å². The van der Waals surface area contributed by atoms with E-state index in [1.54, 1.807) is 0 Å². The predicted molar refractivity (Wildman–Crippen MR) is 48.1 cm³/mol. The van der Waals surface area contributed by atoms with Gasteiger partial charge in [-0.3, -0.25) is 4.79 Å². The molecule has 1 saturated carbocycles. The molecule has 0 saturated heterocycles. The molecule has 0 aromatic carbocycles. The Balaban J connectivity index is 2.44. The van der Waals surface area contributed by atoms with Gasteiger partial charge in [0.25, 0.3) is 0 Å². The third-order valence-corrected chi connectivity index (χ3v) is 3.16. The average molecular weight is 184 g/mol. The number of rotatable bonds is 4. The maximum atomic E-state index is 11.1. The molecule has 0 aromatic rings. The summed E-state index contributed by atoms with van der Waals surface area (Å²) < 4.78 is 4.64. The van der Waals surface area contributed by atoms with Gasteiger partial charge in [0.2, 0.25) is 0 Å². The molecule has 0 bridgehead atoms. The molecule has 0 unspecified atom stereocenters. The van der Waals surface area contributed by atoms with Crippen molar-refractivity contribution in [2.75, 3.05) is 7.11 Å². The van der Waals surface area contributed by atoms with Crippen molar-refractivity contribution in [1.82, 2.24) is 0 Å². The van der Waals surface area contributed by atoms with Crippen LogP contribution in [0.4, 0.5) is 0 Å². The minimum Gasteiger partial charge on any atom is -0.469 e. The Bertz CT molecular complexity index is 204. The van der Waals surface area contributed by atoms with Gasteiger partial charge in [-0.25, -0.2) is 0 Å². The van der Waals surface area contributed by atoms with E-state index in [9.17, 15) is 9.59 Å². The summed E-state index contributed by atoms with van der Waals surface area (Å²) in [6, 6.07) is 0. The van der Waals surface area contributed by atoms with Crippen molar-refractivity contribution in [1.29, 1.82) is 0 Å². The fourth-order valence-corrected chi connectivity index (χ4v) is 2.10. The largest absolute Gasteiger partial charge is 0.469 e. The summed E-state index contributed by atoms with van der Waals surface area (Å²) in [4.78, 5) is 21.5. The summed E-state index contributed by atoms with van der Waals surface area (Å²) in [5.41, 5.74) is 0.0978. The molecule has 74 valence electrons. The number of hydrogen-bond acceptors (Lipinski definition) is 3. The maximum Gasteiger partial charge on any atom is 0.308 e. The highest BCUT2D eigenvalue weighted by atomic mass is 16.5. The van der Waals surface area contributed by atoms with Crippen molar-refractivity contribution in [3.8, 4) is 0 Å². The minimum atomic E-state index is -0.130. The number of carbonyl (C=O) groups excluding carboxylic acids is 2.